The van der Waals surface area contributed by atoms with Crippen LogP contribution in [0.15, 0.2) is 23.1 Å². The lowest BCUT2D eigenvalue weighted by Gasteiger charge is -2.32. The Morgan fingerprint density at radius 3 is 2.61 bits per heavy atom. The van der Waals surface area contributed by atoms with E-state index in [-0.39, 0.29) is 17.0 Å². The molecule has 23 heavy (non-hydrogen) atoms. The van der Waals surface area contributed by atoms with Gasteiger partial charge in [0.1, 0.15) is 0 Å². The van der Waals surface area contributed by atoms with E-state index in [9.17, 15) is 13.2 Å². The molecule has 1 saturated heterocycles. The van der Waals surface area contributed by atoms with E-state index in [1.54, 1.807) is 37.2 Å². The summed E-state index contributed by atoms with van der Waals surface area (Å²) in [6.07, 6.45) is 2.54. The van der Waals surface area contributed by atoms with Crippen LogP contribution in [0.1, 0.15) is 56.0 Å². The second kappa shape index (κ2) is 7.01. The molecule has 0 amide bonds. The standard InChI is InChI=1S/C17H25NO4S/c1-12(2)22-17(19)16-11-15(9-8-13(16)3)23(20,21)18-10-6-5-7-14(18)4/h8-9,11-12,14H,5-7,10H2,1-4H3. The maximum atomic E-state index is 12.9. The molecule has 0 saturated carbocycles. The Labute approximate surface area is 138 Å². The van der Waals surface area contributed by atoms with Crippen LogP contribution in [0.3, 0.4) is 0 Å². The highest BCUT2D eigenvalue weighted by atomic mass is 32.2. The Morgan fingerprint density at radius 2 is 2.00 bits per heavy atom. The Kier molecular flexibility index (Phi) is 5.47. The predicted molar refractivity (Wildman–Crippen MR) is 88.9 cm³/mol. The van der Waals surface area contributed by atoms with Crippen LogP contribution in [-0.4, -0.2) is 37.4 Å². The number of rotatable bonds is 4. The van der Waals surface area contributed by atoms with Crippen LogP contribution < -0.4 is 0 Å². The van der Waals surface area contributed by atoms with Gasteiger partial charge in [-0.05, 0) is 58.2 Å². The summed E-state index contributed by atoms with van der Waals surface area (Å²) in [6.45, 7) is 7.77. The minimum Gasteiger partial charge on any atom is -0.459 e. The first kappa shape index (κ1) is 17.9. The highest BCUT2D eigenvalue weighted by molar-refractivity contribution is 7.89. The van der Waals surface area contributed by atoms with Gasteiger partial charge in [-0.15, -0.1) is 0 Å². The van der Waals surface area contributed by atoms with E-state index in [0.717, 1.165) is 19.3 Å². The zero-order chi connectivity index (χ0) is 17.2. The van der Waals surface area contributed by atoms with Crippen molar-refractivity contribution < 1.29 is 17.9 Å². The van der Waals surface area contributed by atoms with Gasteiger partial charge < -0.3 is 4.74 Å². The van der Waals surface area contributed by atoms with Crippen molar-refractivity contribution in [2.24, 2.45) is 0 Å². The molecule has 1 aliphatic heterocycles. The molecule has 0 aromatic heterocycles. The maximum absolute atomic E-state index is 12.9. The van der Waals surface area contributed by atoms with Gasteiger partial charge >= 0.3 is 5.97 Å². The van der Waals surface area contributed by atoms with Crippen LogP contribution in [0.4, 0.5) is 0 Å². The molecule has 1 aromatic carbocycles. The van der Waals surface area contributed by atoms with E-state index in [0.29, 0.717) is 17.7 Å². The molecule has 1 fully saturated rings. The molecule has 1 aromatic rings. The second-order valence-electron chi connectivity index (χ2n) is 6.39. The minimum atomic E-state index is -3.59. The van der Waals surface area contributed by atoms with E-state index in [1.165, 1.54) is 6.07 Å². The lowest BCUT2D eigenvalue weighted by atomic mass is 10.1. The van der Waals surface area contributed by atoms with Crippen LogP contribution in [0.5, 0.6) is 0 Å². The molecule has 0 N–H and O–H groups in total. The second-order valence-corrected chi connectivity index (χ2v) is 8.28. The number of sulfonamides is 1. The number of benzene rings is 1. The number of hydrogen-bond acceptors (Lipinski definition) is 4. The molecule has 0 radical (unpaired) electrons. The van der Waals surface area contributed by atoms with Crippen LogP contribution in [0.25, 0.3) is 0 Å². The summed E-state index contributed by atoms with van der Waals surface area (Å²) in [6, 6.07) is 4.66. The highest BCUT2D eigenvalue weighted by Gasteiger charge is 2.31. The fourth-order valence-electron chi connectivity index (χ4n) is 2.82. The number of hydrogen-bond donors (Lipinski definition) is 0. The molecular weight excluding hydrogens is 314 g/mol. The average Bonchev–Trinajstić information content (AvgIpc) is 2.46. The zero-order valence-corrected chi connectivity index (χ0v) is 15.0. The monoisotopic (exact) mass is 339 g/mol. The number of esters is 1. The first-order chi connectivity index (χ1) is 10.7. The SMILES string of the molecule is Cc1ccc(S(=O)(=O)N2CCCCC2C)cc1C(=O)OC(C)C. The molecule has 6 heteroatoms. The summed E-state index contributed by atoms with van der Waals surface area (Å²) in [7, 11) is -3.59. The number of piperidine rings is 1. The first-order valence-electron chi connectivity index (χ1n) is 8.07. The van der Waals surface area contributed by atoms with Crippen molar-refractivity contribution in [3.8, 4) is 0 Å². The molecule has 0 spiro atoms. The third kappa shape index (κ3) is 3.93. The number of carbonyl (C=O) groups excluding carboxylic acids is 1. The molecule has 1 atom stereocenters. The lowest BCUT2D eigenvalue weighted by molar-refractivity contribution is 0.0377. The number of carbonyl (C=O) groups is 1. The molecule has 1 unspecified atom stereocenters. The third-order valence-corrected chi connectivity index (χ3v) is 6.13. The number of ether oxygens (including phenoxy) is 1. The van der Waals surface area contributed by atoms with Crippen molar-refractivity contribution in [3.05, 3.63) is 29.3 Å². The first-order valence-corrected chi connectivity index (χ1v) is 9.51. The number of aryl methyl sites for hydroxylation is 1. The highest BCUT2D eigenvalue weighted by Crippen LogP contribution is 2.26. The lowest BCUT2D eigenvalue weighted by Crippen LogP contribution is -2.41. The molecular formula is C17H25NO4S. The largest absolute Gasteiger partial charge is 0.459 e. The van der Waals surface area contributed by atoms with Crippen LogP contribution in [-0.2, 0) is 14.8 Å². The van der Waals surface area contributed by atoms with Crippen molar-refractivity contribution >= 4 is 16.0 Å². The minimum absolute atomic E-state index is 0.0129. The van der Waals surface area contributed by atoms with Gasteiger partial charge in [-0.2, -0.15) is 4.31 Å². The summed E-state index contributed by atoms with van der Waals surface area (Å²) < 4.78 is 32.5. The molecule has 0 aliphatic carbocycles. The Bertz CT molecular complexity index is 682. The van der Waals surface area contributed by atoms with E-state index in [1.807, 2.05) is 6.92 Å². The molecule has 2 rings (SSSR count). The van der Waals surface area contributed by atoms with Gasteiger partial charge in [-0.25, -0.2) is 13.2 Å². The van der Waals surface area contributed by atoms with Crippen LogP contribution in [0.2, 0.25) is 0 Å². The van der Waals surface area contributed by atoms with Gasteiger partial charge in [0.25, 0.3) is 0 Å². The quantitative estimate of drug-likeness (QED) is 0.791. The Hall–Kier alpha value is -1.40. The fourth-order valence-corrected chi connectivity index (χ4v) is 4.55. The summed E-state index contributed by atoms with van der Waals surface area (Å²) in [4.78, 5) is 12.3. The van der Waals surface area contributed by atoms with Crippen molar-refractivity contribution in [2.45, 2.75) is 64.0 Å². The van der Waals surface area contributed by atoms with Gasteiger partial charge in [0, 0.05) is 12.6 Å². The summed E-state index contributed by atoms with van der Waals surface area (Å²) in [5.74, 6) is -0.485. The van der Waals surface area contributed by atoms with Crippen molar-refractivity contribution in [1.82, 2.24) is 4.31 Å². The van der Waals surface area contributed by atoms with Crippen LogP contribution in [0, 0.1) is 6.92 Å². The maximum Gasteiger partial charge on any atom is 0.338 e. The number of nitrogens with zero attached hydrogens (tertiary/aromatic N) is 1. The molecule has 128 valence electrons. The van der Waals surface area contributed by atoms with E-state index in [4.69, 9.17) is 4.74 Å². The summed E-state index contributed by atoms with van der Waals surface area (Å²) in [5, 5.41) is 0. The molecule has 1 aliphatic rings. The van der Waals surface area contributed by atoms with Gasteiger partial charge in [-0.1, -0.05) is 12.5 Å². The topological polar surface area (TPSA) is 63.7 Å². The Balaban J connectivity index is 2.38. The molecule has 5 nitrogen and oxygen atoms in total. The average molecular weight is 339 g/mol. The molecule has 1 heterocycles. The van der Waals surface area contributed by atoms with Crippen molar-refractivity contribution in [3.63, 3.8) is 0 Å². The van der Waals surface area contributed by atoms with Crippen LogP contribution >= 0.6 is 0 Å². The van der Waals surface area contributed by atoms with E-state index >= 15 is 0 Å². The van der Waals surface area contributed by atoms with Gasteiger partial charge in [0.15, 0.2) is 0 Å². The van der Waals surface area contributed by atoms with E-state index in [2.05, 4.69) is 0 Å². The van der Waals surface area contributed by atoms with Crippen molar-refractivity contribution in [1.29, 1.82) is 0 Å². The summed E-state index contributed by atoms with van der Waals surface area (Å²) >= 11 is 0. The zero-order valence-electron chi connectivity index (χ0n) is 14.2. The smallest absolute Gasteiger partial charge is 0.338 e. The summed E-state index contributed by atoms with van der Waals surface area (Å²) in [5.41, 5.74) is 1.02. The van der Waals surface area contributed by atoms with Gasteiger partial charge in [0.2, 0.25) is 10.0 Å². The van der Waals surface area contributed by atoms with Gasteiger partial charge in [0.05, 0.1) is 16.6 Å². The van der Waals surface area contributed by atoms with Gasteiger partial charge in [-0.3, -0.25) is 0 Å². The van der Waals surface area contributed by atoms with E-state index < -0.39 is 16.0 Å². The Morgan fingerprint density at radius 1 is 1.30 bits per heavy atom. The third-order valence-electron chi connectivity index (χ3n) is 4.12. The van der Waals surface area contributed by atoms with Crippen molar-refractivity contribution in [2.75, 3.05) is 6.54 Å². The molecule has 0 bridgehead atoms. The normalized spacial score (nSPS) is 19.8. The fraction of sp³-hybridized carbons (Fsp3) is 0.588. The predicted octanol–water partition coefficient (Wildman–Crippen LogP) is 3.12.